The summed E-state index contributed by atoms with van der Waals surface area (Å²) in [6.07, 6.45) is 4.94. The van der Waals surface area contributed by atoms with Crippen LogP contribution in [0.5, 0.6) is 0 Å². The first-order valence-electron chi connectivity index (χ1n) is 6.90. The van der Waals surface area contributed by atoms with Crippen molar-refractivity contribution in [3.05, 3.63) is 0 Å². The van der Waals surface area contributed by atoms with E-state index < -0.39 is 14.8 Å². The van der Waals surface area contributed by atoms with E-state index in [1.165, 1.54) is 0 Å². The zero-order valence-corrected chi connectivity index (χ0v) is 12.6. The Morgan fingerprint density at radius 1 is 1.06 bits per heavy atom. The molecule has 0 aliphatic rings. The van der Waals surface area contributed by atoms with Gasteiger partial charge in [0.25, 0.3) is 0 Å². The van der Waals surface area contributed by atoms with Crippen LogP contribution in [-0.2, 0) is 10.0 Å². The lowest BCUT2D eigenvalue weighted by molar-refractivity contribution is 0.481. The monoisotopic (exact) mass is 274 g/mol. The summed E-state index contributed by atoms with van der Waals surface area (Å²) < 4.78 is 26.0. The molecule has 0 radical (unpaired) electrons. The van der Waals surface area contributed by atoms with E-state index in [0.717, 1.165) is 32.1 Å². The summed E-state index contributed by atoms with van der Waals surface area (Å²) in [5.74, 6) is 0. The highest BCUT2D eigenvalue weighted by Gasteiger charge is 2.42. The van der Waals surface area contributed by atoms with Crippen LogP contribution in [0.4, 0.5) is 0 Å². The average Bonchev–Trinajstić information content (AvgIpc) is 2.37. The molecule has 0 saturated heterocycles. The van der Waals surface area contributed by atoms with Crippen LogP contribution in [-0.4, -0.2) is 19.7 Å². The largest absolute Gasteiger partial charge is 0.230 e. The molecule has 0 aliphatic carbocycles. The summed E-state index contributed by atoms with van der Waals surface area (Å²) in [6.45, 7) is 6.33. The number of nitrogens with zero attached hydrogens (tertiary/aromatic N) is 1. The van der Waals surface area contributed by atoms with Crippen molar-refractivity contribution in [1.29, 1.82) is 5.26 Å². The van der Waals surface area contributed by atoms with Crippen LogP contribution >= 0.6 is 0 Å². The van der Waals surface area contributed by atoms with Gasteiger partial charge in [0.05, 0.1) is 6.07 Å². The van der Waals surface area contributed by atoms with Crippen molar-refractivity contribution in [1.82, 2.24) is 4.72 Å². The molecule has 0 spiro atoms. The zero-order valence-electron chi connectivity index (χ0n) is 11.8. The van der Waals surface area contributed by atoms with Crippen molar-refractivity contribution < 1.29 is 8.42 Å². The lowest BCUT2D eigenvalue weighted by Crippen LogP contribution is -2.45. The van der Waals surface area contributed by atoms with Crippen molar-refractivity contribution in [2.24, 2.45) is 0 Å². The number of unbranched alkanes of at least 4 members (excludes halogenated alkanes) is 2. The van der Waals surface area contributed by atoms with Gasteiger partial charge in [0.15, 0.2) is 4.75 Å². The Bertz CT molecular complexity index is 350. The van der Waals surface area contributed by atoms with E-state index in [0.29, 0.717) is 19.4 Å². The lowest BCUT2D eigenvalue weighted by atomic mass is 9.96. The Balaban J connectivity index is 5.08. The van der Waals surface area contributed by atoms with Gasteiger partial charge in [-0.05, 0) is 19.3 Å². The highest BCUT2D eigenvalue weighted by molar-refractivity contribution is 7.91. The van der Waals surface area contributed by atoms with Crippen LogP contribution < -0.4 is 4.72 Å². The SMILES string of the molecule is CCCCC(C#N)(CCCC)S(=O)(=O)NCCC. The minimum absolute atomic E-state index is 0.407. The molecule has 0 amide bonds. The highest BCUT2D eigenvalue weighted by atomic mass is 32.2. The molecule has 1 N–H and O–H groups in total. The van der Waals surface area contributed by atoms with E-state index in [1.54, 1.807) is 0 Å². The third kappa shape index (κ3) is 4.58. The second kappa shape index (κ2) is 8.49. The maximum absolute atomic E-state index is 12.3. The summed E-state index contributed by atoms with van der Waals surface area (Å²) in [5, 5.41) is 9.40. The molecule has 0 aromatic carbocycles. The van der Waals surface area contributed by atoms with E-state index in [1.807, 2.05) is 20.8 Å². The van der Waals surface area contributed by atoms with Gasteiger partial charge in [0.2, 0.25) is 10.0 Å². The van der Waals surface area contributed by atoms with Crippen molar-refractivity contribution in [3.8, 4) is 6.07 Å². The molecule has 0 unspecified atom stereocenters. The average molecular weight is 274 g/mol. The van der Waals surface area contributed by atoms with E-state index in [-0.39, 0.29) is 0 Å². The molecule has 18 heavy (non-hydrogen) atoms. The van der Waals surface area contributed by atoms with E-state index in [9.17, 15) is 13.7 Å². The fourth-order valence-corrected chi connectivity index (χ4v) is 3.56. The van der Waals surface area contributed by atoms with Gasteiger partial charge in [-0.2, -0.15) is 5.26 Å². The van der Waals surface area contributed by atoms with Crippen molar-refractivity contribution in [3.63, 3.8) is 0 Å². The minimum Gasteiger partial charge on any atom is -0.214 e. The summed E-state index contributed by atoms with van der Waals surface area (Å²) in [4.78, 5) is 0. The predicted molar refractivity (Wildman–Crippen MR) is 74.6 cm³/mol. The number of sulfonamides is 1. The third-order valence-electron chi connectivity index (χ3n) is 3.13. The number of rotatable bonds is 10. The van der Waals surface area contributed by atoms with Gasteiger partial charge < -0.3 is 0 Å². The van der Waals surface area contributed by atoms with Crippen LogP contribution in [0.1, 0.15) is 65.7 Å². The Hall–Kier alpha value is -0.600. The first kappa shape index (κ1) is 17.4. The molecule has 0 aromatic rings. The molecule has 4 nitrogen and oxygen atoms in total. The maximum atomic E-state index is 12.3. The van der Waals surface area contributed by atoms with Gasteiger partial charge in [-0.1, -0.05) is 46.5 Å². The topological polar surface area (TPSA) is 70.0 Å². The first-order chi connectivity index (χ1) is 8.49. The predicted octanol–water partition coefficient (Wildman–Crippen LogP) is 2.96. The van der Waals surface area contributed by atoms with Crippen LogP contribution in [0, 0.1) is 11.3 Å². The molecule has 0 fully saturated rings. The molecule has 0 aromatic heterocycles. The fraction of sp³-hybridized carbons (Fsp3) is 0.923. The molecule has 0 bridgehead atoms. The van der Waals surface area contributed by atoms with Gasteiger partial charge in [-0.3, -0.25) is 0 Å². The van der Waals surface area contributed by atoms with Crippen LogP contribution in [0.2, 0.25) is 0 Å². The van der Waals surface area contributed by atoms with Crippen LogP contribution in [0.25, 0.3) is 0 Å². The Labute approximate surface area is 112 Å². The quantitative estimate of drug-likeness (QED) is 0.666. The summed E-state index contributed by atoms with van der Waals surface area (Å²) in [6, 6.07) is 2.08. The van der Waals surface area contributed by atoms with Crippen molar-refractivity contribution >= 4 is 10.0 Å². The maximum Gasteiger partial charge on any atom is 0.230 e. The molecular formula is C13H26N2O2S. The number of hydrogen-bond donors (Lipinski definition) is 1. The molecule has 0 heterocycles. The first-order valence-corrected chi connectivity index (χ1v) is 8.38. The number of hydrogen-bond acceptors (Lipinski definition) is 3. The second-order valence-corrected chi connectivity index (χ2v) is 6.79. The van der Waals surface area contributed by atoms with Gasteiger partial charge in [-0.25, -0.2) is 13.1 Å². The third-order valence-corrected chi connectivity index (χ3v) is 5.24. The molecule has 0 rings (SSSR count). The molecule has 5 heteroatoms. The normalized spacial score (nSPS) is 12.3. The fourth-order valence-electron chi connectivity index (χ4n) is 1.86. The van der Waals surface area contributed by atoms with E-state index in [4.69, 9.17) is 0 Å². The Morgan fingerprint density at radius 3 is 1.89 bits per heavy atom. The van der Waals surface area contributed by atoms with Crippen molar-refractivity contribution in [2.75, 3.05) is 6.54 Å². The smallest absolute Gasteiger partial charge is 0.214 e. The molecular weight excluding hydrogens is 248 g/mol. The Morgan fingerprint density at radius 2 is 1.56 bits per heavy atom. The van der Waals surface area contributed by atoms with E-state index >= 15 is 0 Å². The van der Waals surface area contributed by atoms with Gasteiger partial charge in [-0.15, -0.1) is 0 Å². The number of nitrogens with one attached hydrogen (secondary N) is 1. The van der Waals surface area contributed by atoms with Gasteiger partial charge in [0.1, 0.15) is 0 Å². The van der Waals surface area contributed by atoms with Gasteiger partial charge >= 0.3 is 0 Å². The van der Waals surface area contributed by atoms with Crippen molar-refractivity contribution in [2.45, 2.75) is 70.5 Å². The van der Waals surface area contributed by atoms with Crippen LogP contribution in [0.3, 0.4) is 0 Å². The lowest BCUT2D eigenvalue weighted by Gasteiger charge is -2.26. The molecule has 106 valence electrons. The molecule has 0 atom stereocenters. The van der Waals surface area contributed by atoms with Gasteiger partial charge in [0, 0.05) is 6.54 Å². The second-order valence-electron chi connectivity index (χ2n) is 4.71. The molecule has 0 aliphatic heterocycles. The zero-order chi connectivity index (χ0) is 14.1. The summed E-state index contributed by atoms with van der Waals surface area (Å²) in [7, 11) is -3.55. The highest BCUT2D eigenvalue weighted by Crippen LogP contribution is 2.29. The molecule has 0 saturated carbocycles. The minimum atomic E-state index is -3.55. The summed E-state index contributed by atoms with van der Waals surface area (Å²) in [5.41, 5.74) is 0. The Kier molecular flexibility index (Phi) is 8.21. The summed E-state index contributed by atoms with van der Waals surface area (Å²) >= 11 is 0. The van der Waals surface area contributed by atoms with E-state index in [2.05, 4.69) is 10.8 Å². The van der Waals surface area contributed by atoms with Crippen LogP contribution in [0.15, 0.2) is 0 Å². The standard InChI is InChI=1S/C13H26N2O2S/c1-4-7-9-13(12-14,10-8-5-2)18(16,17)15-11-6-3/h15H,4-11H2,1-3H3. The number of nitriles is 1.